The van der Waals surface area contributed by atoms with Gasteiger partial charge in [-0.05, 0) is 85.8 Å². The van der Waals surface area contributed by atoms with E-state index in [4.69, 9.17) is 14.6 Å². The maximum atomic E-state index is 12.7. The number of ether oxygens (including phenoxy) is 2. The van der Waals surface area contributed by atoms with Gasteiger partial charge in [0.05, 0.1) is 30.7 Å². The highest BCUT2D eigenvalue weighted by Gasteiger charge is 2.23. The summed E-state index contributed by atoms with van der Waals surface area (Å²) in [5, 5.41) is 21.2. The van der Waals surface area contributed by atoms with Crippen LogP contribution in [0.15, 0.2) is 54.6 Å². The Hall–Kier alpha value is -4.08. The van der Waals surface area contributed by atoms with Gasteiger partial charge in [-0.25, -0.2) is 9.48 Å². The first kappa shape index (κ1) is 29.9. The Bertz CT molecular complexity index is 1500. The van der Waals surface area contributed by atoms with E-state index in [0.29, 0.717) is 26.4 Å². The van der Waals surface area contributed by atoms with Crippen molar-refractivity contribution in [3.8, 4) is 0 Å². The first-order chi connectivity index (χ1) is 19.8. The lowest BCUT2D eigenvalue weighted by Crippen LogP contribution is -2.14. The highest BCUT2D eigenvalue weighted by Crippen LogP contribution is 2.34. The summed E-state index contributed by atoms with van der Waals surface area (Å²) in [5.74, 6) is -1.34. The third kappa shape index (κ3) is 7.36. The predicted octanol–water partition coefficient (Wildman–Crippen LogP) is 5.16. The van der Waals surface area contributed by atoms with Crippen LogP contribution in [0.3, 0.4) is 0 Å². The summed E-state index contributed by atoms with van der Waals surface area (Å²) in [6.07, 6.45) is 0.988. The fourth-order valence-electron chi connectivity index (χ4n) is 5.06. The van der Waals surface area contributed by atoms with Crippen LogP contribution in [0.5, 0.6) is 0 Å². The molecule has 0 saturated carbocycles. The number of rotatable bonds is 14. The molecule has 0 radical (unpaired) electrons. The third-order valence-electron chi connectivity index (χ3n) is 7.30. The van der Waals surface area contributed by atoms with Gasteiger partial charge >= 0.3 is 11.9 Å². The number of nitrogens with zero attached hydrogens (tertiary/aromatic N) is 3. The van der Waals surface area contributed by atoms with E-state index in [1.165, 1.54) is 11.1 Å². The minimum atomic E-state index is -0.941. The Morgan fingerprint density at radius 3 is 2.56 bits per heavy atom. The van der Waals surface area contributed by atoms with E-state index < -0.39 is 5.97 Å². The molecule has 0 saturated heterocycles. The van der Waals surface area contributed by atoms with Crippen molar-refractivity contribution in [3.63, 3.8) is 0 Å². The molecular formula is C32H38N4O5. The first-order valence-corrected chi connectivity index (χ1v) is 13.9. The van der Waals surface area contributed by atoms with Crippen molar-refractivity contribution in [3.05, 3.63) is 93.5 Å². The summed E-state index contributed by atoms with van der Waals surface area (Å²) in [6.45, 7) is 8.64. The van der Waals surface area contributed by atoms with Crippen molar-refractivity contribution >= 4 is 23.0 Å². The zero-order chi connectivity index (χ0) is 29.4. The minimum absolute atomic E-state index is 0.169. The van der Waals surface area contributed by atoms with Crippen molar-refractivity contribution in [2.24, 2.45) is 0 Å². The maximum absolute atomic E-state index is 12.7. The van der Waals surface area contributed by atoms with Gasteiger partial charge in [-0.15, -0.1) is 5.10 Å². The van der Waals surface area contributed by atoms with Gasteiger partial charge in [-0.3, -0.25) is 4.79 Å². The van der Waals surface area contributed by atoms with Crippen LogP contribution < -0.4 is 5.32 Å². The number of carboxylic acid groups (broad SMARTS) is 1. The normalized spacial score (nSPS) is 12.0. The van der Waals surface area contributed by atoms with Crippen LogP contribution in [-0.4, -0.2) is 52.3 Å². The number of hydrogen-bond donors (Lipinski definition) is 2. The molecule has 9 nitrogen and oxygen atoms in total. The van der Waals surface area contributed by atoms with E-state index in [2.05, 4.69) is 46.8 Å². The smallest absolute Gasteiger partial charge is 0.335 e. The number of carbonyl (C=O) groups excluding carboxylic acids is 1. The van der Waals surface area contributed by atoms with E-state index in [0.717, 1.165) is 46.3 Å². The summed E-state index contributed by atoms with van der Waals surface area (Å²) >= 11 is 0. The molecule has 4 rings (SSSR count). The highest BCUT2D eigenvalue weighted by atomic mass is 16.5. The minimum Gasteiger partial charge on any atom is -0.478 e. The molecule has 41 heavy (non-hydrogen) atoms. The zero-order valence-electron chi connectivity index (χ0n) is 24.1. The molecule has 1 unspecified atom stereocenters. The van der Waals surface area contributed by atoms with Crippen LogP contribution >= 0.6 is 0 Å². The number of benzene rings is 3. The van der Waals surface area contributed by atoms with Crippen molar-refractivity contribution in [1.29, 1.82) is 0 Å². The van der Waals surface area contributed by atoms with Gasteiger partial charge in [0.25, 0.3) is 0 Å². The molecule has 0 fully saturated rings. The van der Waals surface area contributed by atoms with Crippen LogP contribution in [0, 0.1) is 13.8 Å². The number of carbonyl (C=O) groups is 2. The number of aryl methyl sites for hydroxylation is 3. The number of esters is 1. The second-order valence-corrected chi connectivity index (χ2v) is 10.1. The molecule has 0 aliphatic carbocycles. The molecule has 9 heteroatoms. The topological polar surface area (TPSA) is 116 Å². The predicted molar refractivity (Wildman–Crippen MR) is 157 cm³/mol. The van der Waals surface area contributed by atoms with Crippen molar-refractivity contribution in [2.45, 2.75) is 59.2 Å². The van der Waals surface area contributed by atoms with Crippen LogP contribution in [0.4, 0.5) is 0 Å². The molecule has 0 spiro atoms. The molecule has 0 amide bonds. The Balaban J connectivity index is 1.48. The van der Waals surface area contributed by atoms with Crippen molar-refractivity contribution in [2.75, 3.05) is 20.3 Å². The highest BCUT2D eigenvalue weighted by molar-refractivity contribution is 5.87. The zero-order valence-corrected chi connectivity index (χ0v) is 24.1. The van der Waals surface area contributed by atoms with Gasteiger partial charge < -0.3 is 19.9 Å². The molecule has 1 atom stereocenters. The number of hydrogen-bond acceptors (Lipinski definition) is 7. The fourth-order valence-corrected chi connectivity index (χ4v) is 5.06. The Kier molecular flexibility index (Phi) is 10.2. The number of aromatic nitrogens is 3. The summed E-state index contributed by atoms with van der Waals surface area (Å²) < 4.78 is 13.0. The van der Waals surface area contributed by atoms with Crippen LogP contribution in [0.2, 0.25) is 0 Å². The maximum Gasteiger partial charge on any atom is 0.335 e. The number of carboxylic acids is 1. The molecule has 0 aliphatic rings. The standard InChI is InChI=1S/C32H38N4O5/c1-5-41-30(37)18-28(25-10-7-21(2)26(17-25)19-33-4)27-13-14-29-31(22(27)3)34-35-36(29)15-6-16-40-20-23-8-11-24(12-9-23)32(38)39/h7-14,17,28,33H,5-6,15-16,18-20H2,1-4H3,(H,38,39). The Morgan fingerprint density at radius 1 is 1.07 bits per heavy atom. The lowest BCUT2D eigenvalue weighted by Gasteiger charge is -2.21. The van der Waals surface area contributed by atoms with Crippen LogP contribution in [-0.2, 0) is 34.0 Å². The summed E-state index contributed by atoms with van der Waals surface area (Å²) in [5.41, 5.74) is 8.44. The summed E-state index contributed by atoms with van der Waals surface area (Å²) in [6, 6.07) is 17.2. The molecule has 1 heterocycles. The van der Waals surface area contributed by atoms with Gasteiger partial charge in [-0.2, -0.15) is 0 Å². The molecule has 1 aromatic heterocycles. The Labute approximate surface area is 240 Å². The molecule has 4 aromatic rings. The molecule has 2 N–H and O–H groups in total. The quantitative estimate of drug-likeness (QED) is 0.161. The second kappa shape index (κ2) is 14.0. The molecule has 3 aromatic carbocycles. The Morgan fingerprint density at radius 2 is 1.85 bits per heavy atom. The van der Waals surface area contributed by atoms with E-state index in [-0.39, 0.29) is 23.9 Å². The summed E-state index contributed by atoms with van der Waals surface area (Å²) in [7, 11) is 1.93. The van der Waals surface area contributed by atoms with Crippen LogP contribution in [0.25, 0.3) is 11.0 Å². The van der Waals surface area contributed by atoms with Gasteiger partial charge in [0.15, 0.2) is 0 Å². The summed E-state index contributed by atoms with van der Waals surface area (Å²) in [4.78, 5) is 23.7. The second-order valence-electron chi connectivity index (χ2n) is 10.1. The van der Waals surface area contributed by atoms with E-state index in [9.17, 15) is 9.59 Å². The largest absolute Gasteiger partial charge is 0.478 e. The molecular weight excluding hydrogens is 520 g/mol. The van der Waals surface area contributed by atoms with E-state index in [1.54, 1.807) is 24.3 Å². The SMILES string of the molecule is CCOC(=O)CC(c1ccc(C)c(CNC)c1)c1ccc2c(nnn2CCCOCc2ccc(C(=O)O)cc2)c1C. The first-order valence-electron chi connectivity index (χ1n) is 13.9. The number of nitrogens with one attached hydrogen (secondary N) is 1. The monoisotopic (exact) mass is 558 g/mol. The van der Waals surface area contributed by atoms with Crippen molar-refractivity contribution in [1.82, 2.24) is 20.3 Å². The number of aromatic carboxylic acids is 1. The lowest BCUT2D eigenvalue weighted by atomic mass is 9.84. The fraction of sp³-hybridized carbons (Fsp3) is 0.375. The number of fused-ring (bicyclic) bond motifs is 1. The van der Waals surface area contributed by atoms with E-state index >= 15 is 0 Å². The average Bonchev–Trinajstić information content (AvgIpc) is 3.37. The lowest BCUT2D eigenvalue weighted by molar-refractivity contribution is -0.143. The van der Waals surface area contributed by atoms with E-state index in [1.807, 2.05) is 31.6 Å². The van der Waals surface area contributed by atoms with Gasteiger partial charge in [0.1, 0.15) is 5.52 Å². The molecule has 216 valence electrons. The van der Waals surface area contributed by atoms with Crippen molar-refractivity contribution < 1.29 is 24.2 Å². The average molecular weight is 559 g/mol. The molecule has 0 bridgehead atoms. The molecule has 0 aliphatic heterocycles. The van der Waals surface area contributed by atoms with Gasteiger partial charge in [0, 0.05) is 25.6 Å². The van der Waals surface area contributed by atoms with Crippen LogP contribution in [0.1, 0.15) is 69.4 Å². The van der Waals surface area contributed by atoms with Gasteiger partial charge in [-0.1, -0.05) is 41.6 Å². The van der Waals surface area contributed by atoms with Gasteiger partial charge in [0.2, 0.25) is 0 Å². The third-order valence-corrected chi connectivity index (χ3v) is 7.30.